The zero-order valence-corrected chi connectivity index (χ0v) is 16.3. The monoisotopic (exact) mass is 394 g/mol. The molecule has 0 saturated carbocycles. The van der Waals surface area contributed by atoms with Crippen LogP contribution in [0.15, 0.2) is 53.4 Å². The molecule has 2 aromatic rings. The van der Waals surface area contributed by atoms with E-state index < -0.39 is 9.84 Å². The van der Waals surface area contributed by atoms with Gasteiger partial charge in [-0.15, -0.1) is 0 Å². The first-order chi connectivity index (χ1) is 12.5. The number of rotatable bonds is 6. The van der Waals surface area contributed by atoms with Gasteiger partial charge in [-0.3, -0.25) is 4.90 Å². The Morgan fingerprint density at radius 1 is 0.962 bits per heavy atom. The molecule has 2 aromatic carbocycles. The highest BCUT2D eigenvalue weighted by Crippen LogP contribution is 2.21. The van der Waals surface area contributed by atoms with Crippen LogP contribution < -0.4 is 9.64 Å². The number of anilines is 1. The van der Waals surface area contributed by atoms with Crippen LogP contribution in [-0.4, -0.2) is 58.9 Å². The summed E-state index contributed by atoms with van der Waals surface area (Å²) in [7, 11) is -1.62. The van der Waals surface area contributed by atoms with Gasteiger partial charge in [0.05, 0.1) is 17.8 Å². The molecule has 1 heterocycles. The third-order valence-corrected chi connectivity index (χ3v) is 6.62. The Morgan fingerprint density at radius 2 is 1.58 bits per heavy atom. The Labute approximate surface area is 160 Å². The summed E-state index contributed by atoms with van der Waals surface area (Å²) in [6, 6.07) is 14.4. The summed E-state index contributed by atoms with van der Waals surface area (Å²) >= 11 is 5.83. The number of hydrogen-bond acceptors (Lipinski definition) is 5. The van der Waals surface area contributed by atoms with Crippen molar-refractivity contribution in [1.29, 1.82) is 0 Å². The van der Waals surface area contributed by atoms with Crippen LogP contribution in [0.25, 0.3) is 0 Å². The fourth-order valence-corrected chi connectivity index (χ4v) is 4.44. The highest BCUT2D eigenvalue weighted by Gasteiger charge is 2.20. The minimum absolute atomic E-state index is 0.122. The average Bonchev–Trinajstić information content (AvgIpc) is 2.67. The van der Waals surface area contributed by atoms with Gasteiger partial charge in [0.1, 0.15) is 5.75 Å². The van der Waals surface area contributed by atoms with Crippen LogP contribution in [0.3, 0.4) is 0 Å². The lowest BCUT2D eigenvalue weighted by Gasteiger charge is -2.36. The van der Waals surface area contributed by atoms with Crippen LogP contribution in [0.5, 0.6) is 5.75 Å². The number of methoxy groups -OCH3 is 1. The van der Waals surface area contributed by atoms with Crippen molar-refractivity contribution in [3.63, 3.8) is 0 Å². The van der Waals surface area contributed by atoms with Crippen molar-refractivity contribution in [3.8, 4) is 5.75 Å². The number of ether oxygens (including phenoxy) is 1. The lowest BCUT2D eigenvalue weighted by atomic mass is 10.2. The third kappa shape index (κ3) is 4.69. The van der Waals surface area contributed by atoms with Crippen molar-refractivity contribution in [2.75, 3.05) is 50.5 Å². The van der Waals surface area contributed by atoms with E-state index in [0.717, 1.165) is 31.9 Å². The summed E-state index contributed by atoms with van der Waals surface area (Å²) in [6.07, 6.45) is 0. The molecular formula is C19H23ClN2O3S. The molecule has 0 unspecified atom stereocenters. The van der Waals surface area contributed by atoms with Crippen molar-refractivity contribution < 1.29 is 13.2 Å². The van der Waals surface area contributed by atoms with E-state index in [1.807, 2.05) is 12.1 Å². The molecule has 0 N–H and O–H groups in total. The van der Waals surface area contributed by atoms with Gasteiger partial charge in [0.25, 0.3) is 0 Å². The Morgan fingerprint density at radius 3 is 2.15 bits per heavy atom. The van der Waals surface area contributed by atoms with Crippen LogP contribution in [0, 0.1) is 0 Å². The van der Waals surface area contributed by atoms with E-state index in [1.165, 1.54) is 5.69 Å². The summed E-state index contributed by atoms with van der Waals surface area (Å²) in [4.78, 5) is 4.84. The van der Waals surface area contributed by atoms with Crippen molar-refractivity contribution in [2.45, 2.75) is 4.90 Å². The first kappa shape index (κ1) is 19.0. The van der Waals surface area contributed by atoms with E-state index in [-0.39, 0.29) is 5.75 Å². The van der Waals surface area contributed by atoms with Gasteiger partial charge >= 0.3 is 0 Å². The van der Waals surface area contributed by atoms with Crippen LogP contribution >= 0.6 is 11.6 Å². The lowest BCUT2D eigenvalue weighted by Crippen LogP contribution is -2.47. The highest BCUT2D eigenvalue weighted by atomic mass is 35.5. The van der Waals surface area contributed by atoms with Gasteiger partial charge in [0.15, 0.2) is 9.84 Å². The maximum absolute atomic E-state index is 12.4. The minimum atomic E-state index is -3.28. The summed E-state index contributed by atoms with van der Waals surface area (Å²) in [6.45, 7) is 4.01. The van der Waals surface area contributed by atoms with Gasteiger partial charge in [0, 0.05) is 43.4 Å². The van der Waals surface area contributed by atoms with Gasteiger partial charge in [-0.05, 0) is 48.5 Å². The molecule has 26 heavy (non-hydrogen) atoms. The number of hydrogen-bond donors (Lipinski definition) is 0. The summed E-state index contributed by atoms with van der Waals surface area (Å²) < 4.78 is 30.1. The Bertz CT molecular complexity index is 815. The van der Waals surface area contributed by atoms with Gasteiger partial charge in [0.2, 0.25) is 0 Å². The predicted molar refractivity (Wildman–Crippen MR) is 105 cm³/mol. The second kappa shape index (κ2) is 8.29. The van der Waals surface area contributed by atoms with Gasteiger partial charge < -0.3 is 9.64 Å². The molecule has 0 aromatic heterocycles. The highest BCUT2D eigenvalue weighted by molar-refractivity contribution is 7.91. The summed E-state index contributed by atoms with van der Waals surface area (Å²) in [5, 5.41) is 0.540. The minimum Gasteiger partial charge on any atom is -0.497 e. The van der Waals surface area contributed by atoms with Crippen LogP contribution in [0.1, 0.15) is 0 Å². The van der Waals surface area contributed by atoms with E-state index in [1.54, 1.807) is 31.4 Å². The van der Waals surface area contributed by atoms with Crippen LogP contribution in [0.2, 0.25) is 5.02 Å². The number of nitrogens with zero attached hydrogens (tertiary/aromatic N) is 2. The molecule has 1 fully saturated rings. The molecule has 3 rings (SSSR count). The zero-order chi connectivity index (χ0) is 18.6. The predicted octanol–water partition coefficient (Wildman–Crippen LogP) is 2.94. The number of piperazine rings is 1. The molecular weight excluding hydrogens is 372 g/mol. The Balaban J connectivity index is 1.51. The molecule has 1 aliphatic heterocycles. The molecule has 0 aliphatic carbocycles. The number of sulfone groups is 1. The molecule has 5 nitrogen and oxygen atoms in total. The van der Waals surface area contributed by atoms with Gasteiger partial charge in [-0.25, -0.2) is 8.42 Å². The second-order valence-electron chi connectivity index (χ2n) is 6.30. The standard InChI is InChI=1S/C19H23ClN2O3S/c1-25-18-6-4-17(5-7-18)22-12-10-21(11-13-22)14-15-26(23,24)19-8-2-16(20)3-9-19/h2-9H,10-15H2,1H3. The van der Waals surface area contributed by atoms with Gasteiger partial charge in [-0.1, -0.05) is 11.6 Å². The lowest BCUT2D eigenvalue weighted by molar-refractivity contribution is 0.272. The molecule has 140 valence electrons. The van der Waals surface area contributed by atoms with E-state index in [2.05, 4.69) is 21.9 Å². The molecule has 0 radical (unpaired) electrons. The van der Waals surface area contributed by atoms with E-state index in [0.29, 0.717) is 16.5 Å². The fraction of sp³-hybridized carbons (Fsp3) is 0.368. The number of halogens is 1. The molecule has 1 saturated heterocycles. The smallest absolute Gasteiger partial charge is 0.179 e. The molecule has 0 atom stereocenters. The Kier molecular flexibility index (Phi) is 6.06. The molecule has 0 amide bonds. The van der Waals surface area contributed by atoms with E-state index in [9.17, 15) is 8.42 Å². The second-order valence-corrected chi connectivity index (χ2v) is 8.85. The number of benzene rings is 2. The molecule has 1 aliphatic rings. The van der Waals surface area contributed by atoms with E-state index >= 15 is 0 Å². The normalized spacial score (nSPS) is 15.8. The zero-order valence-electron chi connectivity index (χ0n) is 14.8. The summed E-state index contributed by atoms with van der Waals surface area (Å²) in [5.41, 5.74) is 1.17. The maximum atomic E-state index is 12.4. The maximum Gasteiger partial charge on any atom is 0.179 e. The van der Waals surface area contributed by atoms with Crippen LogP contribution in [0.4, 0.5) is 5.69 Å². The van der Waals surface area contributed by atoms with Crippen molar-refractivity contribution in [1.82, 2.24) is 4.90 Å². The fourth-order valence-electron chi connectivity index (χ4n) is 3.03. The van der Waals surface area contributed by atoms with Crippen molar-refractivity contribution in [2.24, 2.45) is 0 Å². The van der Waals surface area contributed by atoms with Crippen LogP contribution in [-0.2, 0) is 9.84 Å². The first-order valence-electron chi connectivity index (χ1n) is 8.57. The molecule has 7 heteroatoms. The first-order valence-corrected chi connectivity index (χ1v) is 10.6. The third-order valence-electron chi connectivity index (χ3n) is 4.66. The largest absolute Gasteiger partial charge is 0.497 e. The molecule has 0 spiro atoms. The van der Waals surface area contributed by atoms with Gasteiger partial charge in [-0.2, -0.15) is 0 Å². The Hall–Kier alpha value is -1.76. The SMILES string of the molecule is COc1ccc(N2CCN(CCS(=O)(=O)c3ccc(Cl)cc3)CC2)cc1. The molecule has 0 bridgehead atoms. The quantitative estimate of drug-likeness (QED) is 0.753. The van der Waals surface area contributed by atoms with Crippen molar-refractivity contribution in [3.05, 3.63) is 53.6 Å². The van der Waals surface area contributed by atoms with Crippen molar-refractivity contribution >= 4 is 27.1 Å². The summed E-state index contributed by atoms with van der Waals surface area (Å²) in [5.74, 6) is 0.969. The van der Waals surface area contributed by atoms with E-state index in [4.69, 9.17) is 16.3 Å². The average molecular weight is 395 g/mol. The topological polar surface area (TPSA) is 49.9 Å².